The van der Waals surface area contributed by atoms with Gasteiger partial charge in [0.05, 0.1) is 6.07 Å². The molecule has 1 fully saturated rings. The highest BCUT2D eigenvalue weighted by atomic mass is 16.1. The van der Waals surface area contributed by atoms with Gasteiger partial charge in [0.1, 0.15) is 0 Å². The van der Waals surface area contributed by atoms with Crippen LogP contribution in [0.15, 0.2) is 0 Å². The molecule has 0 aromatic rings. The summed E-state index contributed by atoms with van der Waals surface area (Å²) in [7, 11) is 0. The fourth-order valence-corrected chi connectivity index (χ4v) is 1.94. The summed E-state index contributed by atoms with van der Waals surface area (Å²) in [6, 6.07) is 2.85. The van der Waals surface area contributed by atoms with Gasteiger partial charge in [-0.3, -0.25) is 4.79 Å². The maximum atomic E-state index is 10.6. The molecule has 0 aromatic carbocycles. The van der Waals surface area contributed by atoms with E-state index < -0.39 is 0 Å². The number of amides is 1. The molecule has 0 aliphatic heterocycles. The summed E-state index contributed by atoms with van der Waals surface area (Å²) < 4.78 is 0. The van der Waals surface area contributed by atoms with Crippen LogP contribution in [0.2, 0.25) is 0 Å². The molecule has 2 N–H and O–H groups in total. The second-order valence-corrected chi connectivity index (χ2v) is 4.11. The van der Waals surface area contributed by atoms with Gasteiger partial charge in [-0.1, -0.05) is 0 Å². The molecule has 0 unspecified atom stereocenters. The molecule has 1 rings (SSSR count). The van der Waals surface area contributed by atoms with Crippen LogP contribution in [0.3, 0.4) is 0 Å². The highest BCUT2D eigenvalue weighted by molar-refractivity contribution is 5.72. The topological polar surface area (TPSA) is 64.9 Å². The largest absolute Gasteiger partial charge is 0.355 e. The zero-order valence-electron chi connectivity index (χ0n) is 9.25. The van der Waals surface area contributed by atoms with Gasteiger partial charge in [-0.05, 0) is 25.7 Å². The minimum Gasteiger partial charge on any atom is -0.355 e. The number of nitrogens with zero attached hydrogens (tertiary/aromatic N) is 1. The highest BCUT2D eigenvalue weighted by Gasteiger charge is 2.19. The number of nitrogens with one attached hydrogen (secondary N) is 2. The smallest absolute Gasteiger partial charge is 0.216 e. The summed E-state index contributed by atoms with van der Waals surface area (Å²) in [4.78, 5) is 10.6. The Morgan fingerprint density at radius 3 is 2.53 bits per heavy atom. The molecule has 0 aromatic heterocycles. The Hall–Kier alpha value is -1.08. The normalized spacial score (nSPS) is 25.6. The summed E-state index contributed by atoms with van der Waals surface area (Å²) >= 11 is 0. The molecule has 1 aliphatic carbocycles. The first kappa shape index (κ1) is 12.0. The quantitative estimate of drug-likeness (QED) is 0.673. The Kier molecular flexibility index (Phi) is 5.13. The molecule has 0 saturated heterocycles. The van der Waals surface area contributed by atoms with Crippen LogP contribution in [0.5, 0.6) is 0 Å². The molecule has 1 amide bonds. The van der Waals surface area contributed by atoms with Gasteiger partial charge >= 0.3 is 0 Å². The first-order valence-electron chi connectivity index (χ1n) is 5.60. The maximum Gasteiger partial charge on any atom is 0.216 e. The Morgan fingerprint density at radius 2 is 2.00 bits per heavy atom. The summed E-state index contributed by atoms with van der Waals surface area (Å²) in [5.41, 5.74) is 0. The molecule has 4 heteroatoms. The fourth-order valence-electron chi connectivity index (χ4n) is 1.94. The Labute approximate surface area is 91.0 Å². The average molecular weight is 209 g/mol. The number of hydrogen-bond donors (Lipinski definition) is 2. The number of rotatable bonds is 4. The van der Waals surface area contributed by atoms with Crippen LogP contribution in [0, 0.1) is 17.2 Å². The number of carbonyl (C=O) groups is 1. The lowest BCUT2D eigenvalue weighted by Gasteiger charge is -2.25. The van der Waals surface area contributed by atoms with E-state index in [0.29, 0.717) is 12.6 Å². The molecule has 0 spiro atoms. The monoisotopic (exact) mass is 209 g/mol. The van der Waals surface area contributed by atoms with Crippen LogP contribution < -0.4 is 10.6 Å². The van der Waals surface area contributed by atoms with E-state index in [1.54, 1.807) is 0 Å². The Morgan fingerprint density at radius 1 is 1.33 bits per heavy atom. The van der Waals surface area contributed by atoms with Crippen LogP contribution >= 0.6 is 0 Å². The lowest BCUT2D eigenvalue weighted by Crippen LogP contribution is -2.38. The van der Waals surface area contributed by atoms with Gasteiger partial charge in [0.25, 0.3) is 0 Å². The van der Waals surface area contributed by atoms with Crippen molar-refractivity contribution in [2.45, 2.75) is 38.6 Å². The third kappa shape index (κ3) is 4.80. The van der Waals surface area contributed by atoms with Crippen LogP contribution in [0.25, 0.3) is 0 Å². The molecule has 1 aliphatic rings. The van der Waals surface area contributed by atoms with E-state index in [1.165, 1.54) is 6.92 Å². The standard InChI is InChI=1S/C11H19N3O/c1-9(15)13-6-7-14-11-4-2-10(8-12)3-5-11/h10-11,14H,2-7H2,1H3,(H,13,15). The Bertz CT molecular complexity index is 239. The van der Waals surface area contributed by atoms with Crippen molar-refractivity contribution in [2.75, 3.05) is 13.1 Å². The van der Waals surface area contributed by atoms with E-state index in [9.17, 15) is 4.79 Å². The first-order valence-corrected chi connectivity index (χ1v) is 5.60. The second kappa shape index (κ2) is 6.41. The third-order valence-corrected chi connectivity index (χ3v) is 2.84. The minimum atomic E-state index is 0.0185. The van der Waals surface area contributed by atoms with Crippen molar-refractivity contribution in [3.05, 3.63) is 0 Å². The van der Waals surface area contributed by atoms with Gasteiger partial charge in [-0.15, -0.1) is 0 Å². The van der Waals surface area contributed by atoms with E-state index in [0.717, 1.165) is 32.2 Å². The van der Waals surface area contributed by atoms with Gasteiger partial charge in [-0.2, -0.15) is 5.26 Å². The van der Waals surface area contributed by atoms with Crippen molar-refractivity contribution >= 4 is 5.91 Å². The van der Waals surface area contributed by atoms with Crippen LogP contribution in [-0.2, 0) is 4.79 Å². The predicted octanol–water partition coefficient (Wildman–Crippen LogP) is 0.794. The molecule has 4 nitrogen and oxygen atoms in total. The Balaban J connectivity index is 2.04. The molecular weight excluding hydrogens is 190 g/mol. The summed E-state index contributed by atoms with van der Waals surface area (Å²) in [6.45, 7) is 3.03. The molecule has 1 saturated carbocycles. The van der Waals surface area contributed by atoms with Crippen molar-refractivity contribution in [1.29, 1.82) is 5.26 Å². The third-order valence-electron chi connectivity index (χ3n) is 2.84. The van der Waals surface area contributed by atoms with Crippen molar-refractivity contribution < 1.29 is 4.79 Å². The number of hydrogen-bond acceptors (Lipinski definition) is 3. The lowest BCUT2D eigenvalue weighted by atomic mass is 9.87. The van der Waals surface area contributed by atoms with Crippen molar-refractivity contribution in [1.82, 2.24) is 10.6 Å². The summed E-state index contributed by atoms with van der Waals surface area (Å²) in [5.74, 6) is 0.281. The average Bonchev–Trinajstić information content (AvgIpc) is 2.25. The zero-order chi connectivity index (χ0) is 11.1. The molecule has 0 atom stereocenters. The van der Waals surface area contributed by atoms with Crippen molar-refractivity contribution in [2.24, 2.45) is 5.92 Å². The SMILES string of the molecule is CC(=O)NCCNC1CCC(C#N)CC1. The number of carbonyl (C=O) groups excluding carboxylic acids is 1. The molecule has 84 valence electrons. The van der Waals surface area contributed by atoms with Gasteiger partial charge in [0.2, 0.25) is 5.91 Å². The van der Waals surface area contributed by atoms with Gasteiger partial charge in [0, 0.05) is 32.0 Å². The molecule has 0 bridgehead atoms. The van der Waals surface area contributed by atoms with Gasteiger partial charge in [-0.25, -0.2) is 0 Å². The second-order valence-electron chi connectivity index (χ2n) is 4.11. The van der Waals surface area contributed by atoms with Crippen LogP contribution in [-0.4, -0.2) is 25.0 Å². The van der Waals surface area contributed by atoms with E-state index >= 15 is 0 Å². The van der Waals surface area contributed by atoms with E-state index in [-0.39, 0.29) is 11.8 Å². The molecule has 15 heavy (non-hydrogen) atoms. The van der Waals surface area contributed by atoms with Gasteiger partial charge in [0.15, 0.2) is 0 Å². The van der Waals surface area contributed by atoms with Crippen LogP contribution in [0.4, 0.5) is 0 Å². The van der Waals surface area contributed by atoms with Crippen molar-refractivity contribution in [3.63, 3.8) is 0 Å². The summed E-state index contributed by atoms with van der Waals surface area (Å²) in [5, 5.41) is 14.9. The number of nitriles is 1. The zero-order valence-corrected chi connectivity index (χ0v) is 9.25. The van der Waals surface area contributed by atoms with Crippen molar-refractivity contribution in [3.8, 4) is 6.07 Å². The molecule has 0 heterocycles. The van der Waals surface area contributed by atoms with Gasteiger partial charge < -0.3 is 10.6 Å². The van der Waals surface area contributed by atoms with E-state index in [2.05, 4.69) is 16.7 Å². The fraction of sp³-hybridized carbons (Fsp3) is 0.818. The lowest BCUT2D eigenvalue weighted by molar-refractivity contribution is -0.118. The predicted molar refractivity (Wildman–Crippen MR) is 58.0 cm³/mol. The van der Waals surface area contributed by atoms with Crippen LogP contribution in [0.1, 0.15) is 32.6 Å². The molecular formula is C11H19N3O. The first-order chi connectivity index (χ1) is 7.22. The highest BCUT2D eigenvalue weighted by Crippen LogP contribution is 2.23. The maximum absolute atomic E-state index is 10.6. The van der Waals surface area contributed by atoms with E-state index in [1.807, 2.05) is 0 Å². The summed E-state index contributed by atoms with van der Waals surface area (Å²) in [6.07, 6.45) is 4.18. The van der Waals surface area contributed by atoms with E-state index in [4.69, 9.17) is 5.26 Å². The molecule has 0 radical (unpaired) electrons. The minimum absolute atomic E-state index is 0.0185.